The van der Waals surface area contributed by atoms with E-state index < -0.39 is 5.91 Å². The topological polar surface area (TPSA) is 87.6 Å². The largest absolute Gasteiger partial charge is 0.497 e. The number of benzene rings is 1. The lowest BCUT2D eigenvalue weighted by Gasteiger charge is -2.08. The van der Waals surface area contributed by atoms with Gasteiger partial charge in [-0.15, -0.1) is 0 Å². The lowest BCUT2D eigenvalue weighted by Crippen LogP contribution is -2.13. The smallest absolute Gasteiger partial charge is 0.248 e. The molecule has 82 valence electrons. The van der Waals surface area contributed by atoms with Crippen molar-refractivity contribution in [1.29, 1.82) is 0 Å². The summed E-state index contributed by atoms with van der Waals surface area (Å²) in [5.74, 6) is 0.526. The van der Waals surface area contributed by atoms with Gasteiger partial charge >= 0.3 is 0 Å². The van der Waals surface area contributed by atoms with Gasteiger partial charge in [0, 0.05) is 18.2 Å². The van der Waals surface area contributed by atoms with Gasteiger partial charge in [-0.05, 0) is 12.1 Å². The molecule has 0 atom stereocenters. The van der Waals surface area contributed by atoms with Crippen LogP contribution in [-0.4, -0.2) is 26.2 Å². The van der Waals surface area contributed by atoms with E-state index in [0.717, 1.165) is 0 Å². The van der Waals surface area contributed by atoms with Crippen molar-refractivity contribution in [3.63, 3.8) is 0 Å². The first-order valence-corrected chi connectivity index (χ1v) is 4.49. The van der Waals surface area contributed by atoms with Crippen LogP contribution in [0.4, 0.5) is 0 Å². The summed E-state index contributed by atoms with van der Waals surface area (Å²) in [4.78, 5) is 11.0. The van der Waals surface area contributed by atoms with Crippen LogP contribution in [0.15, 0.2) is 18.2 Å². The van der Waals surface area contributed by atoms with Gasteiger partial charge in [-0.1, -0.05) is 0 Å². The molecule has 0 heterocycles. The van der Waals surface area contributed by atoms with Crippen LogP contribution in [0.5, 0.6) is 11.5 Å². The predicted molar refractivity (Wildman–Crippen MR) is 56.1 cm³/mol. The van der Waals surface area contributed by atoms with Gasteiger partial charge in [-0.3, -0.25) is 4.79 Å². The molecule has 0 bridgehead atoms. The van der Waals surface area contributed by atoms with E-state index in [4.69, 9.17) is 20.9 Å². The average molecular weight is 210 g/mol. The van der Waals surface area contributed by atoms with Crippen molar-refractivity contribution in [3.05, 3.63) is 23.8 Å². The van der Waals surface area contributed by atoms with Gasteiger partial charge in [0.25, 0.3) is 0 Å². The van der Waals surface area contributed by atoms with E-state index in [9.17, 15) is 4.79 Å². The first kappa shape index (κ1) is 11.3. The van der Waals surface area contributed by atoms with Crippen molar-refractivity contribution in [1.82, 2.24) is 0 Å². The fraction of sp³-hybridized carbons (Fsp3) is 0.300. The van der Waals surface area contributed by atoms with Crippen molar-refractivity contribution in [2.24, 2.45) is 11.5 Å². The minimum Gasteiger partial charge on any atom is -0.497 e. The summed E-state index contributed by atoms with van der Waals surface area (Å²) in [6.07, 6.45) is 0. The fourth-order valence-electron chi connectivity index (χ4n) is 1.09. The standard InChI is InChI=1S/C10H14N2O3/c1-14-8-4-7(10(12)13)5-9(6-8)15-3-2-11/h4-6H,2-3,11H2,1H3,(H2,12,13). The highest BCUT2D eigenvalue weighted by Gasteiger charge is 2.06. The predicted octanol–water partition coefficient (Wildman–Crippen LogP) is 0.132. The second kappa shape index (κ2) is 5.21. The van der Waals surface area contributed by atoms with Crippen molar-refractivity contribution >= 4 is 5.91 Å². The van der Waals surface area contributed by atoms with E-state index in [2.05, 4.69) is 0 Å². The van der Waals surface area contributed by atoms with Gasteiger partial charge in [0.15, 0.2) is 0 Å². The molecular weight excluding hydrogens is 196 g/mol. The Hall–Kier alpha value is -1.75. The van der Waals surface area contributed by atoms with Crippen molar-refractivity contribution in [2.75, 3.05) is 20.3 Å². The minimum absolute atomic E-state index is 0.348. The summed E-state index contributed by atoms with van der Waals surface area (Å²) in [5.41, 5.74) is 10.8. The normalized spacial score (nSPS) is 9.73. The second-order valence-corrected chi connectivity index (χ2v) is 2.90. The molecule has 0 fully saturated rings. The van der Waals surface area contributed by atoms with Crippen LogP contribution in [0.3, 0.4) is 0 Å². The molecule has 0 saturated heterocycles. The number of carbonyl (C=O) groups is 1. The van der Waals surface area contributed by atoms with Crippen LogP contribution in [0.25, 0.3) is 0 Å². The van der Waals surface area contributed by atoms with E-state index >= 15 is 0 Å². The zero-order valence-corrected chi connectivity index (χ0v) is 8.53. The third kappa shape index (κ3) is 3.14. The van der Waals surface area contributed by atoms with Crippen molar-refractivity contribution in [2.45, 2.75) is 0 Å². The third-order valence-corrected chi connectivity index (χ3v) is 1.79. The van der Waals surface area contributed by atoms with Crippen LogP contribution in [0.1, 0.15) is 10.4 Å². The zero-order chi connectivity index (χ0) is 11.3. The number of hydrogen-bond donors (Lipinski definition) is 2. The van der Waals surface area contributed by atoms with Gasteiger partial charge in [0.1, 0.15) is 18.1 Å². The van der Waals surface area contributed by atoms with Crippen LogP contribution in [0, 0.1) is 0 Å². The van der Waals surface area contributed by atoms with Crippen LogP contribution in [-0.2, 0) is 0 Å². The Balaban J connectivity index is 2.95. The lowest BCUT2D eigenvalue weighted by atomic mass is 10.2. The Bertz CT molecular complexity index is 353. The molecule has 0 spiro atoms. The summed E-state index contributed by atoms with van der Waals surface area (Å²) in [7, 11) is 1.51. The number of nitrogens with two attached hydrogens (primary N) is 2. The maximum atomic E-state index is 11.0. The van der Waals surface area contributed by atoms with E-state index in [1.54, 1.807) is 18.2 Å². The van der Waals surface area contributed by atoms with Crippen LogP contribution in [0.2, 0.25) is 0 Å². The maximum Gasteiger partial charge on any atom is 0.248 e. The molecule has 15 heavy (non-hydrogen) atoms. The van der Waals surface area contributed by atoms with E-state index in [1.165, 1.54) is 7.11 Å². The second-order valence-electron chi connectivity index (χ2n) is 2.90. The summed E-state index contributed by atoms with van der Waals surface area (Å²) < 4.78 is 10.3. The molecule has 1 aromatic rings. The van der Waals surface area contributed by atoms with Gasteiger partial charge in [-0.25, -0.2) is 0 Å². The molecular formula is C10H14N2O3. The molecule has 1 rings (SSSR count). The number of primary amides is 1. The number of amides is 1. The van der Waals surface area contributed by atoms with Gasteiger partial charge in [0.2, 0.25) is 5.91 Å². The Labute approximate surface area is 88.0 Å². The summed E-state index contributed by atoms with van der Waals surface area (Å²) in [6.45, 7) is 0.786. The van der Waals surface area contributed by atoms with E-state index in [-0.39, 0.29) is 0 Å². The van der Waals surface area contributed by atoms with Gasteiger partial charge in [-0.2, -0.15) is 0 Å². The maximum absolute atomic E-state index is 11.0. The highest BCUT2D eigenvalue weighted by molar-refractivity contribution is 5.93. The van der Waals surface area contributed by atoms with Crippen LogP contribution < -0.4 is 20.9 Å². The molecule has 1 aromatic carbocycles. The lowest BCUT2D eigenvalue weighted by molar-refractivity contribution is 0.0999. The molecule has 0 unspecified atom stereocenters. The highest BCUT2D eigenvalue weighted by atomic mass is 16.5. The summed E-state index contributed by atoms with van der Waals surface area (Å²) >= 11 is 0. The summed E-state index contributed by atoms with van der Waals surface area (Å²) in [6, 6.07) is 4.78. The van der Waals surface area contributed by atoms with Gasteiger partial charge < -0.3 is 20.9 Å². The minimum atomic E-state index is -0.522. The number of carbonyl (C=O) groups excluding carboxylic acids is 1. The average Bonchev–Trinajstić information content (AvgIpc) is 2.25. The molecule has 5 nitrogen and oxygen atoms in total. The van der Waals surface area contributed by atoms with E-state index in [1.807, 2.05) is 0 Å². The first-order valence-electron chi connectivity index (χ1n) is 4.49. The number of rotatable bonds is 5. The van der Waals surface area contributed by atoms with Crippen molar-refractivity contribution < 1.29 is 14.3 Å². The number of methoxy groups -OCH3 is 1. The first-order chi connectivity index (χ1) is 7.17. The van der Waals surface area contributed by atoms with Gasteiger partial charge in [0.05, 0.1) is 7.11 Å². The highest BCUT2D eigenvalue weighted by Crippen LogP contribution is 2.22. The Kier molecular flexibility index (Phi) is 3.93. The Morgan fingerprint density at radius 2 is 2.00 bits per heavy atom. The molecule has 0 aromatic heterocycles. The summed E-state index contributed by atoms with van der Waals surface area (Å²) in [5, 5.41) is 0. The zero-order valence-electron chi connectivity index (χ0n) is 8.53. The van der Waals surface area contributed by atoms with E-state index in [0.29, 0.717) is 30.2 Å². The third-order valence-electron chi connectivity index (χ3n) is 1.79. The van der Waals surface area contributed by atoms with Crippen molar-refractivity contribution in [3.8, 4) is 11.5 Å². The fourth-order valence-corrected chi connectivity index (χ4v) is 1.09. The monoisotopic (exact) mass is 210 g/mol. The molecule has 0 aliphatic heterocycles. The molecule has 0 aliphatic carbocycles. The molecule has 0 radical (unpaired) electrons. The molecule has 1 amide bonds. The SMILES string of the molecule is COc1cc(OCCN)cc(C(N)=O)c1. The number of ether oxygens (including phenoxy) is 2. The quantitative estimate of drug-likeness (QED) is 0.723. The number of hydrogen-bond acceptors (Lipinski definition) is 4. The molecule has 4 N–H and O–H groups in total. The molecule has 0 saturated carbocycles. The van der Waals surface area contributed by atoms with Crippen LogP contribution >= 0.6 is 0 Å². The molecule has 0 aliphatic rings. The Morgan fingerprint density at radius 1 is 1.33 bits per heavy atom. The Morgan fingerprint density at radius 3 is 2.53 bits per heavy atom. The molecule has 5 heteroatoms.